The van der Waals surface area contributed by atoms with Gasteiger partial charge in [-0.1, -0.05) is 55.3 Å². The van der Waals surface area contributed by atoms with E-state index in [0.29, 0.717) is 6.54 Å². The molecule has 1 aromatic carbocycles. The van der Waals surface area contributed by atoms with Crippen LogP contribution in [0.3, 0.4) is 0 Å². The van der Waals surface area contributed by atoms with Gasteiger partial charge >= 0.3 is 0 Å². The molecule has 1 amide bonds. The lowest BCUT2D eigenvalue weighted by atomic mass is 9.78. The standard InChI is InChI=1S/C16H21NO/c1-13(2)12-17-15(18)16(10-6-7-11-16)14-8-4-3-5-9-14/h3-5,8-9H,1,6-7,10-12H2,2H3,(H,17,18). The fraction of sp³-hybridized carbons (Fsp3) is 0.438. The zero-order valence-corrected chi connectivity index (χ0v) is 11.0. The Hall–Kier alpha value is -1.57. The first kappa shape index (κ1) is 12.9. The van der Waals surface area contributed by atoms with Crippen molar-refractivity contribution >= 4 is 5.91 Å². The third-order valence-electron chi connectivity index (χ3n) is 3.77. The van der Waals surface area contributed by atoms with Crippen LogP contribution in [0.4, 0.5) is 0 Å². The molecule has 1 N–H and O–H groups in total. The van der Waals surface area contributed by atoms with E-state index in [1.165, 1.54) is 0 Å². The molecule has 1 aliphatic carbocycles. The molecular weight excluding hydrogens is 222 g/mol. The SMILES string of the molecule is C=C(C)CNC(=O)C1(c2ccccc2)CCCC1. The molecule has 1 fully saturated rings. The van der Waals surface area contributed by atoms with Crippen molar-refractivity contribution in [3.8, 4) is 0 Å². The Balaban J connectivity index is 2.22. The van der Waals surface area contributed by atoms with E-state index in [-0.39, 0.29) is 11.3 Å². The van der Waals surface area contributed by atoms with Crippen LogP contribution in [-0.4, -0.2) is 12.5 Å². The van der Waals surface area contributed by atoms with E-state index in [1.54, 1.807) is 0 Å². The van der Waals surface area contributed by atoms with Crippen LogP contribution in [0.1, 0.15) is 38.2 Å². The van der Waals surface area contributed by atoms with Gasteiger partial charge in [0.15, 0.2) is 0 Å². The normalized spacial score (nSPS) is 17.4. The summed E-state index contributed by atoms with van der Waals surface area (Å²) in [7, 11) is 0. The number of carbonyl (C=O) groups is 1. The van der Waals surface area contributed by atoms with Gasteiger partial charge < -0.3 is 5.32 Å². The molecular formula is C16H21NO. The molecule has 0 atom stereocenters. The first-order valence-corrected chi connectivity index (χ1v) is 6.63. The smallest absolute Gasteiger partial charge is 0.230 e. The molecule has 0 unspecified atom stereocenters. The quantitative estimate of drug-likeness (QED) is 0.808. The molecule has 0 bridgehead atoms. The van der Waals surface area contributed by atoms with Crippen LogP contribution in [0.25, 0.3) is 0 Å². The van der Waals surface area contributed by atoms with Gasteiger partial charge in [-0.3, -0.25) is 4.79 Å². The monoisotopic (exact) mass is 243 g/mol. The second-order valence-electron chi connectivity index (χ2n) is 5.30. The van der Waals surface area contributed by atoms with Gasteiger partial charge in [0.2, 0.25) is 5.91 Å². The van der Waals surface area contributed by atoms with Crippen LogP contribution < -0.4 is 5.32 Å². The highest BCUT2D eigenvalue weighted by Gasteiger charge is 2.42. The van der Waals surface area contributed by atoms with Gasteiger partial charge in [-0.25, -0.2) is 0 Å². The second-order valence-corrected chi connectivity index (χ2v) is 5.30. The highest BCUT2D eigenvalue weighted by molar-refractivity contribution is 5.88. The number of amides is 1. The summed E-state index contributed by atoms with van der Waals surface area (Å²) < 4.78 is 0. The van der Waals surface area contributed by atoms with Crippen molar-refractivity contribution in [3.63, 3.8) is 0 Å². The molecule has 0 spiro atoms. The Bertz CT molecular complexity index is 430. The maximum Gasteiger partial charge on any atom is 0.230 e. The van der Waals surface area contributed by atoms with Gasteiger partial charge in [0, 0.05) is 6.54 Å². The number of hydrogen-bond acceptors (Lipinski definition) is 1. The molecule has 1 aliphatic rings. The molecule has 0 saturated heterocycles. The van der Waals surface area contributed by atoms with Crippen molar-refractivity contribution in [1.82, 2.24) is 5.32 Å². The minimum Gasteiger partial charge on any atom is -0.352 e. The summed E-state index contributed by atoms with van der Waals surface area (Å²) in [5, 5.41) is 3.02. The van der Waals surface area contributed by atoms with Crippen molar-refractivity contribution in [2.75, 3.05) is 6.54 Å². The lowest BCUT2D eigenvalue weighted by molar-refractivity contribution is -0.126. The molecule has 1 saturated carbocycles. The van der Waals surface area contributed by atoms with Crippen molar-refractivity contribution in [3.05, 3.63) is 48.0 Å². The molecule has 1 aromatic rings. The zero-order chi connectivity index (χ0) is 13.0. The summed E-state index contributed by atoms with van der Waals surface area (Å²) in [6.07, 6.45) is 4.18. The minimum atomic E-state index is -0.309. The predicted molar refractivity (Wildman–Crippen MR) is 74.4 cm³/mol. The van der Waals surface area contributed by atoms with Crippen LogP contribution in [-0.2, 0) is 10.2 Å². The van der Waals surface area contributed by atoms with E-state index in [4.69, 9.17) is 0 Å². The summed E-state index contributed by atoms with van der Waals surface area (Å²) in [5.41, 5.74) is 1.84. The molecule has 0 radical (unpaired) electrons. The van der Waals surface area contributed by atoms with Crippen LogP contribution >= 0.6 is 0 Å². The van der Waals surface area contributed by atoms with Crippen molar-refractivity contribution in [2.24, 2.45) is 0 Å². The number of benzene rings is 1. The first-order valence-electron chi connectivity index (χ1n) is 6.63. The summed E-state index contributed by atoms with van der Waals surface area (Å²) in [5.74, 6) is 0.161. The fourth-order valence-corrected chi connectivity index (χ4v) is 2.78. The van der Waals surface area contributed by atoms with Crippen LogP contribution in [0.15, 0.2) is 42.5 Å². The van der Waals surface area contributed by atoms with Crippen LogP contribution in [0.5, 0.6) is 0 Å². The third kappa shape index (κ3) is 2.47. The summed E-state index contributed by atoms with van der Waals surface area (Å²) >= 11 is 0. The number of carbonyl (C=O) groups excluding carboxylic acids is 1. The van der Waals surface area contributed by atoms with Crippen molar-refractivity contribution < 1.29 is 4.79 Å². The Morgan fingerprint density at radius 2 is 1.89 bits per heavy atom. The highest BCUT2D eigenvalue weighted by atomic mass is 16.2. The second kappa shape index (κ2) is 5.38. The molecule has 0 heterocycles. The Kier molecular flexibility index (Phi) is 3.85. The van der Waals surface area contributed by atoms with Gasteiger partial charge in [0.05, 0.1) is 5.41 Å². The molecule has 18 heavy (non-hydrogen) atoms. The number of hydrogen-bond donors (Lipinski definition) is 1. The van der Waals surface area contributed by atoms with Crippen LogP contribution in [0.2, 0.25) is 0 Å². The average Bonchev–Trinajstić information content (AvgIpc) is 2.87. The largest absolute Gasteiger partial charge is 0.352 e. The van der Waals surface area contributed by atoms with Crippen molar-refractivity contribution in [1.29, 1.82) is 0 Å². The van der Waals surface area contributed by atoms with Crippen molar-refractivity contribution in [2.45, 2.75) is 38.0 Å². The lowest BCUT2D eigenvalue weighted by Crippen LogP contribution is -2.43. The van der Waals surface area contributed by atoms with Gasteiger partial charge in [-0.15, -0.1) is 0 Å². The van der Waals surface area contributed by atoms with Gasteiger partial charge in [-0.05, 0) is 25.3 Å². The minimum absolute atomic E-state index is 0.161. The Morgan fingerprint density at radius 3 is 2.44 bits per heavy atom. The van der Waals surface area contributed by atoms with Gasteiger partial charge in [0.1, 0.15) is 0 Å². The topological polar surface area (TPSA) is 29.1 Å². The maximum absolute atomic E-state index is 12.5. The Labute approximate surface area is 109 Å². The third-order valence-corrected chi connectivity index (χ3v) is 3.77. The molecule has 96 valence electrons. The predicted octanol–water partition coefficient (Wildman–Crippen LogP) is 3.19. The van der Waals surface area contributed by atoms with E-state index in [2.05, 4.69) is 24.0 Å². The van der Waals surface area contributed by atoms with Gasteiger partial charge in [0.25, 0.3) is 0 Å². The molecule has 0 aromatic heterocycles. The number of rotatable bonds is 4. The molecule has 2 rings (SSSR count). The summed E-state index contributed by atoms with van der Waals surface area (Å²) in [4.78, 5) is 12.5. The summed E-state index contributed by atoms with van der Waals surface area (Å²) in [6.45, 7) is 6.35. The van der Waals surface area contributed by atoms with E-state index in [1.807, 2.05) is 25.1 Å². The summed E-state index contributed by atoms with van der Waals surface area (Å²) in [6, 6.07) is 10.2. The van der Waals surface area contributed by atoms with E-state index < -0.39 is 0 Å². The van der Waals surface area contributed by atoms with E-state index >= 15 is 0 Å². The van der Waals surface area contributed by atoms with Gasteiger partial charge in [-0.2, -0.15) is 0 Å². The van der Waals surface area contributed by atoms with E-state index in [0.717, 1.165) is 36.8 Å². The Morgan fingerprint density at radius 1 is 1.28 bits per heavy atom. The lowest BCUT2D eigenvalue weighted by Gasteiger charge is -2.28. The molecule has 2 heteroatoms. The van der Waals surface area contributed by atoms with Crippen LogP contribution in [0, 0.1) is 0 Å². The maximum atomic E-state index is 12.5. The zero-order valence-electron chi connectivity index (χ0n) is 11.0. The molecule has 2 nitrogen and oxygen atoms in total. The number of nitrogens with one attached hydrogen (secondary N) is 1. The average molecular weight is 243 g/mol. The highest BCUT2D eigenvalue weighted by Crippen LogP contribution is 2.41. The fourth-order valence-electron chi connectivity index (χ4n) is 2.78. The van der Waals surface area contributed by atoms with E-state index in [9.17, 15) is 4.79 Å². The molecule has 0 aliphatic heterocycles. The first-order chi connectivity index (χ1) is 8.65.